The standard InChI is InChI=1S/C15H11ClFN3O3S/c1-19-14(22)13-11(4-5-24-13)20(15(19)23)7-12(21)18-10-3-2-8(16)6-9(10)17/h2-6H,7H2,1H3,(H,18,21). The Morgan fingerprint density at radius 2 is 2.08 bits per heavy atom. The molecule has 2 aromatic heterocycles. The second-order valence-corrected chi connectivity index (χ2v) is 6.39. The first-order chi connectivity index (χ1) is 11.4. The molecule has 1 N–H and O–H groups in total. The number of carbonyl (C=O) groups excluding carboxylic acids is 1. The van der Waals surface area contributed by atoms with Crippen molar-refractivity contribution in [3.05, 3.63) is 61.3 Å². The predicted octanol–water partition coefficient (Wildman–Crippen LogP) is 2.19. The topological polar surface area (TPSA) is 73.1 Å². The molecule has 0 fully saturated rings. The van der Waals surface area contributed by atoms with Crippen LogP contribution < -0.4 is 16.6 Å². The van der Waals surface area contributed by atoms with Crippen LogP contribution in [0.3, 0.4) is 0 Å². The Morgan fingerprint density at radius 1 is 1.33 bits per heavy atom. The van der Waals surface area contributed by atoms with Crippen molar-refractivity contribution in [1.82, 2.24) is 9.13 Å². The molecule has 1 amide bonds. The van der Waals surface area contributed by atoms with Gasteiger partial charge in [0.05, 0.1) is 11.2 Å². The number of benzene rings is 1. The van der Waals surface area contributed by atoms with E-state index < -0.39 is 23.0 Å². The number of halogens is 2. The third-order valence-corrected chi connectivity index (χ3v) is 4.59. The van der Waals surface area contributed by atoms with Crippen molar-refractivity contribution in [2.24, 2.45) is 7.05 Å². The number of thiophene rings is 1. The van der Waals surface area contributed by atoms with E-state index in [9.17, 15) is 18.8 Å². The fraction of sp³-hybridized carbons (Fsp3) is 0.133. The van der Waals surface area contributed by atoms with Crippen LogP contribution in [0.25, 0.3) is 10.2 Å². The largest absolute Gasteiger partial charge is 0.331 e. The minimum Gasteiger partial charge on any atom is -0.322 e. The van der Waals surface area contributed by atoms with E-state index in [0.29, 0.717) is 10.2 Å². The highest BCUT2D eigenvalue weighted by Gasteiger charge is 2.15. The molecule has 9 heteroatoms. The minimum atomic E-state index is -0.677. The number of nitrogens with zero attached hydrogens (tertiary/aromatic N) is 2. The van der Waals surface area contributed by atoms with Crippen LogP contribution in [-0.2, 0) is 18.4 Å². The Balaban J connectivity index is 1.95. The molecule has 3 aromatic rings. The summed E-state index contributed by atoms with van der Waals surface area (Å²) in [5.74, 6) is -1.27. The van der Waals surface area contributed by atoms with Crippen molar-refractivity contribution >= 4 is 44.7 Å². The van der Waals surface area contributed by atoms with Crippen LogP contribution in [0.1, 0.15) is 0 Å². The summed E-state index contributed by atoms with van der Waals surface area (Å²) in [6.45, 7) is -0.345. The Kier molecular flexibility index (Phi) is 4.25. The molecule has 24 heavy (non-hydrogen) atoms. The van der Waals surface area contributed by atoms with Gasteiger partial charge in [0.25, 0.3) is 5.56 Å². The zero-order valence-electron chi connectivity index (χ0n) is 12.4. The average Bonchev–Trinajstić information content (AvgIpc) is 3.02. The molecular weight excluding hydrogens is 357 g/mol. The van der Waals surface area contributed by atoms with E-state index in [2.05, 4.69) is 5.32 Å². The SMILES string of the molecule is Cn1c(=O)c2sccc2n(CC(=O)Nc2ccc(Cl)cc2F)c1=O. The molecule has 0 saturated carbocycles. The van der Waals surface area contributed by atoms with E-state index in [-0.39, 0.29) is 17.3 Å². The molecule has 3 rings (SSSR count). The van der Waals surface area contributed by atoms with Gasteiger partial charge in [-0.15, -0.1) is 11.3 Å². The number of carbonyl (C=O) groups is 1. The maximum absolute atomic E-state index is 13.7. The molecule has 0 aliphatic rings. The van der Waals surface area contributed by atoms with Crippen molar-refractivity contribution in [3.63, 3.8) is 0 Å². The lowest BCUT2D eigenvalue weighted by molar-refractivity contribution is -0.116. The van der Waals surface area contributed by atoms with Gasteiger partial charge in [-0.3, -0.25) is 18.7 Å². The molecule has 6 nitrogen and oxygen atoms in total. The Bertz CT molecular complexity index is 1070. The highest BCUT2D eigenvalue weighted by atomic mass is 35.5. The monoisotopic (exact) mass is 367 g/mol. The molecule has 0 aliphatic carbocycles. The molecule has 1 aromatic carbocycles. The summed E-state index contributed by atoms with van der Waals surface area (Å²) in [4.78, 5) is 36.5. The lowest BCUT2D eigenvalue weighted by Gasteiger charge is -2.10. The molecule has 0 spiro atoms. The van der Waals surface area contributed by atoms with Gasteiger partial charge in [-0.05, 0) is 29.6 Å². The smallest absolute Gasteiger partial charge is 0.322 e. The van der Waals surface area contributed by atoms with Crippen molar-refractivity contribution in [1.29, 1.82) is 0 Å². The first-order valence-electron chi connectivity index (χ1n) is 6.80. The molecule has 0 saturated heterocycles. The Morgan fingerprint density at radius 3 is 2.79 bits per heavy atom. The number of amides is 1. The quantitative estimate of drug-likeness (QED) is 0.771. The molecular formula is C15H11ClFN3O3S. The highest BCUT2D eigenvalue weighted by molar-refractivity contribution is 7.17. The van der Waals surface area contributed by atoms with Gasteiger partial charge in [0.15, 0.2) is 0 Å². The summed E-state index contributed by atoms with van der Waals surface area (Å²) < 4.78 is 16.2. The summed E-state index contributed by atoms with van der Waals surface area (Å²) in [6, 6.07) is 5.45. The van der Waals surface area contributed by atoms with Gasteiger partial charge < -0.3 is 5.32 Å². The van der Waals surface area contributed by atoms with Crippen LogP contribution in [0.5, 0.6) is 0 Å². The van der Waals surface area contributed by atoms with Gasteiger partial charge in [-0.25, -0.2) is 9.18 Å². The number of nitrogens with one attached hydrogen (secondary N) is 1. The number of hydrogen-bond donors (Lipinski definition) is 1. The lowest BCUT2D eigenvalue weighted by Crippen LogP contribution is -2.39. The van der Waals surface area contributed by atoms with Crippen molar-refractivity contribution in [2.75, 3.05) is 5.32 Å². The molecule has 0 bridgehead atoms. The molecule has 0 radical (unpaired) electrons. The van der Waals surface area contributed by atoms with Crippen molar-refractivity contribution < 1.29 is 9.18 Å². The van der Waals surface area contributed by atoms with Gasteiger partial charge in [-0.1, -0.05) is 11.6 Å². The van der Waals surface area contributed by atoms with E-state index >= 15 is 0 Å². The summed E-state index contributed by atoms with van der Waals surface area (Å²) in [5.41, 5.74) is -0.688. The van der Waals surface area contributed by atoms with E-state index in [4.69, 9.17) is 11.6 Å². The lowest BCUT2D eigenvalue weighted by atomic mass is 10.3. The molecule has 0 unspecified atom stereocenters. The maximum atomic E-state index is 13.7. The number of anilines is 1. The molecule has 0 aliphatic heterocycles. The summed E-state index contributed by atoms with van der Waals surface area (Å²) in [5, 5.41) is 4.26. The van der Waals surface area contributed by atoms with Crippen LogP contribution in [0.2, 0.25) is 5.02 Å². The van der Waals surface area contributed by atoms with Gasteiger partial charge >= 0.3 is 5.69 Å². The second kappa shape index (κ2) is 6.21. The Labute approximate surface area is 143 Å². The zero-order valence-corrected chi connectivity index (χ0v) is 13.9. The fourth-order valence-corrected chi connectivity index (χ4v) is 3.30. The van der Waals surface area contributed by atoms with Crippen LogP contribution in [0, 0.1) is 5.82 Å². The summed E-state index contributed by atoms with van der Waals surface area (Å²) in [7, 11) is 1.34. The number of rotatable bonds is 3. The van der Waals surface area contributed by atoms with Gasteiger partial charge in [0.1, 0.15) is 17.1 Å². The van der Waals surface area contributed by atoms with Crippen LogP contribution in [0.15, 0.2) is 39.2 Å². The summed E-state index contributed by atoms with van der Waals surface area (Å²) >= 11 is 6.85. The normalized spacial score (nSPS) is 11.0. The molecule has 2 heterocycles. The third kappa shape index (κ3) is 2.85. The van der Waals surface area contributed by atoms with Crippen LogP contribution in [0.4, 0.5) is 10.1 Å². The van der Waals surface area contributed by atoms with Crippen LogP contribution in [-0.4, -0.2) is 15.0 Å². The van der Waals surface area contributed by atoms with Gasteiger partial charge in [0, 0.05) is 12.1 Å². The van der Waals surface area contributed by atoms with E-state index in [1.54, 1.807) is 11.4 Å². The zero-order chi connectivity index (χ0) is 17.4. The molecule has 0 atom stereocenters. The number of aromatic nitrogens is 2. The first-order valence-corrected chi connectivity index (χ1v) is 8.06. The van der Waals surface area contributed by atoms with E-state index in [1.807, 2.05) is 0 Å². The minimum absolute atomic E-state index is 0.0381. The predicted molar refractivity (Wildman–Crippen MR) is 91.4 cm³/mol. The second-order valence-electron chi connectivity index (χ2n) is 5.04. The Hall–Kier alpha value is -2.45. The van der Waals surface area contributed by atoms with Crippen LogP contribution >= 0.6 is 22.9 Å². The first kappa shape index (κ1) is 16.4. The van der Waals surface area contributed by atoms with Gasteiger partial charge in [0.2, 0.25) is 5.91 Å². The van der Waals surface area contributed by atoms with E-state index in [1.165, 1.54) is 35.1 Å². The van der Waals surface area contributed by atoms with Crippen molar-refractivity contribution in [2.45, 2.75) is 6.54 Å². The van der Waals surface area contributed by atoms with Crippen molar-refractivity contribution in [3.8, 4) is 0 Å². The fourth-order valence-electron chi connectivity index (χ4n) is 2.28. The van der Waals surface area contributed by atoms with Gasteiger partial charge in [-0.2, -0.15) is 0 Å². The highest BCUT2D eigenvalue weighted by Crippen LogP contribution is 2.19. The van der Waals surface area contributed by atoms with E-state index in [0.717, 1.165) is 10.6 Å². The number of fused-ring (bicyclic) bond motifs is 1. The molecule has 124 valence electrons. The number of hydrogen-bond acceptors (Lipinski definition) is 4. The third-order valence-electron chi connectivity index (χ3n) is 3.46. The maximum Gasteiger partial charge on any atom is 0.331 e. The summed E-state index contributed by atoms with van der Waals surface area (Å²) in [6.07, 6.45) is 0. The average molecular weight is 368 g/mol.